The number of ether oxygens (including phenoxy) is 1. The van der Waals surface area contributed by atoms with E-state index in [1.165, 1.54) is 28.5 Å². The van der Waals surface area contributed by atoms with Crippen LogP contribution < -0.4 is 15.4 Å². The van der Waals surface area contributed by atoms with Crippen LogP contribution >= 0.6 is 23.1 Å². The summed E-state index contributed by atoms with van der Waals surface area (Å²) in [5.41, 5.74) is 3.04. The van der Waals surface area contributed by atoms with Crippen LogP contribution in [-0.4, -0.2) is 29.7 Å². The molecule has 184 valence electrons. The maximum atomic E-state index is 12.6. The van der Waals surface area contributed by atoms with E-state index < -0.39 is 0 Å². The highest BCUT2D eigenvalue weighted by Crippen LogP contribution is 2.28. The molecule has 0 bridgehead atoms. The first-order chi connectivity index (χ1) is 18.1. The van der Waals surface area contributed by atoms with Gasteiger partial charge in [0, 0.05) is 27.1 Å². The SMILES string of the molecule is COc1ccc(C(=O)Nc2cccc(SCC(=O)Nc3nc(-c4ccc5ccccc5c4)cs3)c2)cc1. The zero-order chi connectivity index (χ0) is 25.6. The number of nitrogens with one attached hydrogen (secondary N) is 2. The van der Waals surface area contributed by atoms with Crippen molar-refractivity contribution in [3.63, 3.8) is 0 Å². The molecule has 0 unspecified atom stereocenters. The molecule has 0 fully saturated rings. The van der Waals surface area contributed by atoms with Crippen molar-refractivity contribution in [3.05, 3.63) is 102 Å². The minimum Gasteiger partial charge on any atom is -0.497 e. The van der Waals surface area contributed by atoms with Gasteiger partial charge in [-0.2, -0.15) is 0 Å². The molecule has 0 saturated carbocycles. The summed E-state index contributed by atoms with van der Waals surface area (Å²) in [7, 11) is 1.58. The number of aromatic nitrogens is 1. The van der Waals surface area contributed by atoms with E-state index in [4.69, 9.17) is 4.74 Å². The smallest absolute Gasteiger partial charge is 0.255 e. The third kappa shape index (κ3) is 6.17. The molecule has 2 N–H and O–H groups in total. The van der Waals surface area contributed by atoms with Crippen LogP contribution in [0.2, 0.25) is 0 Å². The highest BCUT2D eigenvalue weighted by molar-refractivity contribution is 8.00. The van der Waals surface area contributed by atoms with Gasteiger partial charge in [0.05, 0.1) is 18.6 Å². The average molecular weight is 526 g/mol. The van der Waals surface area contributed by atoms with E-state index in [0.717, 1.165) is 21.5 Å². The van der Waals surface area contributed by atoms with Crippen LogP contribution in [0.4, 0.5) is 10.8 Å². The Morgan fingerprint density at radius 2 is 1.70 bits per heavy atom. The molecule has 1 heterocycles. The molecule has 0 radical (unpaired) electrons. The van der Waals surface area contributed by atoms with Gasteiger partial charge in [0.1, 0.15) is 5.75 Å². The van der Waals surface area contributed by atoms with Gasteiger partial charge < -0.3 is 15.4 Å². The lowest BCUT2D eigenvalue weighted by molar-refractivity contribution is -0.113. The minimum atomic E-state index is -0.214. The first-order valence-electron chi connectivity index (χ1n) is 11.5. The molecule has 0 aliphatic heterocycles. The highest BCUT2D eigenvalue weighted by atomic mass is 32.2. The Bertz CT molecular complexity index is 1560. The van der Waals surface area contributed by atoms with E-state index in [9.17, 15) is 9.59 Å². The molecular weight excluding hydrogens is 502 g/mol. The lowest BCUT2D eigenvalue weighted by Crippen LogP contribution is -2.14. The number of rotatable bonds is 8. The van der Waals surface area contributed by atoms with Crippen LogP contribution in [0.1, 0.15) is 10.4 Å². The number of methoxy groups -OCH3 is 1. The Hall–Kier alpha value is -4.14. The van der Waals surface area contributed by atoms with Gasteiger partial charge in [-0.3, -0.25) is 9.59 Å². The normalized spacial score (nSPS) is 10.7. The number of fused-ring (bicyclic) bond motifs is 1. The van der Waals surface area contributed by atoms with E-state index >= 15 is 0 Å². The van der Waals surface area contributed by atoms with Gasteiger partial charge in [0.2, 0.25) is 5.91 Å². The second kappa shape index (κ2) is 11.3. The summed E-state index contributed by atoms with van der Waals surface area (Å²) in [5, 5.41) is 10.6. The summed E-state index contributed by atoms with van der Waals surface area (Å²) < 4.78 is 5.13. The van der Waals surface area contributed by atoms with Crippen LogP contribution in [-0.2, 0) is 4.79 Å². The van der Waals surface area contributed by atoms with Crippen LogP contribution in [0.5, 0.6) is 5.75 Å². The van der Waals surface area contributed by atoms with E-state index in [1.807, 2.05) is 47.8 Å². The third-order valence-corrected chi connectivity index (χ3v) is 7.36. The maximum absolute atomic E-state index is 12.6. The van der Waals surface area contributed by atoms with Crippen molar-refractivity contribution in [1.82, 2.24) is 4.98 Å². The summed E-state index contributed by atoms with van der Waals surface area (Å²) >= 11 is 2.79. The number of benzene rings is 4. The first kappa shape index (κ1) is 24.5. The van der Waals surface area contributed by atoms with Crippen LogP contribution in [0.15, 0.2) is 101 Å². The quantitative estimate of drug-likeness (QED) is 0.214. The standard InChI is InChI=1S/C29H23N3O3S2/c1-35-24-13-11-20(12-14-24)28(34)30-23-7-4-8-25(16-23)36-18-27(33)32-29-31-26(17-37-29)22-10-9-19-5-2-3-6-21(19)15-22/h2-17H,18H2,1H3,(H,30,34)(H,31,32,33). The Labute approximate surface area is 222 Å². The van der Waals surface area contributed by atoms with Crippen molar-refractivity contribution in [3.8, 4) is 17.0 Å². The Morgan fingerprint density at radius 3 is 2.51 bits per heavy atom. The minimum absolute atomic E-state index is 0.142. The van der Waals surface area contributed by atoms with Gasteiger partial charge in [0.25, 0.3) is 5.91 Å². The van der Waals surface area contributed by atoms with Crippen molar-refractivity contribution in [2.24, 2.45) is 0 Å². The van der Waals surface area contributed by atoms with E-state index in [-0.39, 0.29) is 17.6 Å². The molecule has 37 heavy (non-hydrogen) atoms. The molecule has 1 aromatic heterocycles. The fourth-order valence-electron chi connectivity index (χ4n) is 3.73. The Morgan fingerprint density at radius 1 is 0.892 bits per heavy atom. The zero-order valence-electron chi connectivity index (χ0n) is 19.9. The number of carbonyl (C=O) groups is 2. The molecule has 5 aromatic rings. The molecule has 0 aliphatic rings. The second-order valence-corrected chi connectivity index (χ2v) is 10.1. The number of anilines is 2. The van der Waals surface area contributed by atoms with Gasteiger partial charge in [-0.1, -0.05) is 42.5 Å². The molecule has 8 heteroatoms. The van der Waals surface area contributed by atoms with Crippen molar-refractivity contribution in [2.45, 2.75) is 4.90 Å². The largest absolute Gasteiger partial charge is 0.497 e. The fourth-order valence-corrected chi connectivity index (χ4v) is 5.22. The van der Waals surface area contributed by atoms with Crippen LogP contribution in [0.3, 0.4) is 0 Å². The average Bonchev–Trinajstić information content (AvgIpc) is 3.40. The molecule has 0 atom stereocenters. The number of carbonyl (C=O) groups excluding carboxylic acids is 2. The molecule has 6 nitrogen and oxygen atoms in total. The second-order valence-electron chi connectivity index (χ2n) is 8.15. The monoisotopic (exact) mass is 525 g/mol. The summed E-state index contributed by atoms with van der Waals surface area (Å²) in [5.74, 6) is 0.558. The predicted octanol–water partition coefficient (Wildman–Crippen LogP) is 6.96. The molecule has 4 aromatic carbocycles. The summed E-state index contributed by atoms with van der Waals surface area (Å²) in [6.45, 7) is 0. The van der Waals surface area contributed by atoms with Crippen molar-refractivity contribution < 1.29 is 14.3 Å². The number of hydrogen-bond donors (Lipinski definition) is 2. The molecule has 2 amide bonds. The Kier molecular flexibility index (Phi) is 7.49. The summed E-state index contributed by atoms with van der Waals surface area (Å²) in [4.78, 5) is 30.6. The number of nitrogens with zero attached hydrogens (tertiary/aromatic N) is 1. The molecular formula is C29H23N3O3S2. The maximum Gasteiger partial charge on any atom is 0.255 e. The van der Waals surface area contributed by atoms with Gasteiger partial charge >= 0.3 is 0 Å². The number of thioether (sulfide) groups is 1. The number of amides is 2. The first-order valence-corrected chi connectivity index (χ1v) is 13.4. The van der Waals surface area contributed by atoms with Crippen molar-refractivity contribution >= 4 is 56.5 Å². The molecule has 0 saturated heterocycles. The van der Waals surface area contributed by atoms with Crippen molar-refractivity contribution in [2.75, 3.05) is 23.5 Å². The van der Waals surface area contributed by atoms with Crippen molar-refractivity contribution in [1.29, 1.82) is 0 Å². The molecule has 0 aliphatic carbocycles. The van der Waals surface area contributed by atoms with E-state index in [0.29, 0.717) is 22.1 Å². The van der Waals surface area contributed by atoms with Gasteiger partial charge in [-0.05, 0) is 59.3 Å². The van der Waals surface area contributed by atoms with Gasteiger partial charge in [0.15, 0.2) is 5.13 Å². The van der Waals surface area contributed by atoms with Crippen LogP contribution in [0, 0.1) is 0 Å². The fraction of sp³-hybridized carbons (Fsp3) is 0.0690. The topological polar surface area (TPSA) is 80.3 Å². The van der Waals surface area contributed by atoms with Gasteiger partial charge in [-0.25, -0.2) is 4.98 Å². The van der Waals surface area contributed by atoms with E-state index in [1.54, 1.807) is 31.4 Å². The summed E-state index contributed by atoms with van der Waals surface area (Å²) in [6.07, 6.45) is 0. The predicted molar refractivity (Wildman–Crippen MR) is 152 cm³/mol. The van der Waals surface area contributed by atoms with Gasteiger partial charge in [-0.15, -0.1) is 23.1 Å². The lowest BCUT2D eigenvalue weighted by atomic mass is 10.1. The van der Waals surface area contributed by atoms with E-state index in [2.05, 4.69) is 39.9 Å². The lowest BCUT2D eigenvalue weighted by Gasteiger charge is -2.08. The number of thiazole rings is 1. The molecule has 0 spiro atoms. The highest BCUT2D eigenvalue weighted by Gasteiger charge is 2.11. The number of hydrogen-bond acceptors (Lipinski definition) is 6. The third-order valence-electron chi connectivity index (χ3n) is 5.61. The molecule has 5 rings (SSSR count). The van der Waals surface area contributed by atoms with Crippen LogP contribution in [0.25, 0.3) is 22.0 Å². The summed E-state index contributed by atoms with van der Waals surface area (Å²) in [6, 6.07) is 28.7. The Balaban J connectivity index is 1.16. The zero-order valence-corrected chi connectivity index (χ0v) is 21.6.